The average Bonchev–Trinajstić information content (AvgIpc) is 2.43. The number of hydrogen-bond donors (Lipinski definition) is 3. The summed E-state index contributed by atoms with van der Waals surface area (Å²) >= 11 is 5.62. The molecule has 1 aromatic carbocycles. The van der Waals surface area contributed by atoms with E-state index in [0.717, 1.165) is 12.1 Å². The molecule has 3 N–H and O–H groups in total. The van der Waals surface area contributed by atoms with Crippen molar-refractivity contribution in [2.45, 2.75) is 19.9 Å². The minimum absolute atomic E-state index is 0.0867. The van der Waals surface area contributed by atoms with Crippen LogP contribution in [0.1, 0.15) is 24.2 Å². The van der Waals surface area contributed by atoms with E-state index >= 15 is 0 Å². The lowest BCUT2D eigenvalue weighted by Gasteiger charge is -2.09. The van der Waals surface area contributed by atoms with Gasteiger partial charge in [0.15, 0.2) is 0 Å². The molecular formula is C12H13ClN4O5. The molecule has 0 saturated heterocycles. The molecule has 0 aliphatic heterocycles. The molecule has 3 amide bonds. The summed E-state index contributed by atoms with van der Waals surface area (Å²) in [5.74, 6) is -2.99. The maximum absolute atomic E-state index is 11.8. The fraction of sp³-hybridized carbons (Fsp3) is 0.250. The number of nitro groups is 1. The highest BCUT2D eigenvalue weighted by Gasteiger charge is 2.22. The molecular weight excluding hydrogens is 316 g/mol. The first-order valence-corrected chi connectivity index (χ1v) is 6.45. The Morgan fingerprint density at radius 3 is 2.36 bits per heavy atom. The van der Waals surface area contributed by atoms with Crippen molar-refractivity contribution in [1.82, 2.24) is 16.2 Å². The predicted octanol–water partition coefficient (Wildman–Crippen LogP) is 0.534. The number of hydrazine groups is 1. The van der Waals surface area contributed by atoms with Crippen molar-refractivity contribution in [3.05, 3.63) is 38.9 Å². The van der Waals surface area contributed by atoms with Crippen LogP contribution in [0.5, 0.6) is 0 Å². The Bertz CT molecular complexity index is 632. The third-order valence-corrected chi connectivity index (χ3v) is 2.55. The molecule has 0 aliphatic rings. The topological polar surface area (TPSA) is 130 Å². The summed E-state index contributed by atoms with van der Waals surface area (Å²) in [5.41, 5.74) is 2.95. The van der Waals surface area contributed by atoms with Crippen LogP contribution in [0.2, 0.25) is 5.02 Å². The Kier molecular flexibility index (Phi) is 5.81. The summed E-state index contributed by atoms with van der Waals surface area (Å²) in [7, 11) is 0. The van der Waals surface area contributed by atoms with Crippen molar-refractivity contribution >= 4 is 35.0 Å². The Balaban J connectivity index is 2.76. The van der Waals surface area contributed by atoms with Crippen LogP contribution >= 0.6 is 11.6 Å². The molecule has 22 heavy (non-hydrogen) atoms. The number of nitro benzene ring substituents is 1. The molecule has 0 heterocycles. The highest BCUT2D eigenvalue weighted by molar-refractivity contribution is 6.35. The molecule has 0 aliphatic carbocycles. The first-order chi connectivity index (χ1) is 10.2. The standard InChI is InChI=1S/C12H13ClN4O5/c1-6(2)14-11(19)12(20)16-15-10(18)8-4-3-7(13)5-9(8)17(21)22/h3-6H,1-2H3,(H,14,19)(H,15,18)(H,16,20). The number of carbonyl (C=O) groups is 3. The summed E-state index contributed by atoms with van der Waals surface area (Å²) in [6.07, 6.45) is 0. The fourth-order valence-electron chi connectivity index (χ4n) is 1.41. The van der Waals surface area contributed by atoms with Gasteiger partial charge in [0.1, 0.15) is 5.56 Å². The molecule has 1 rings (SSSR count). The van der Waals surface area contributed by atoms with Gasteiger partial charge in [-0.05, 0) is 26.0 Å². The van der Waals surface area contributed by atoms with Crippen LogP contribution in [0.3, 0.4) is 0 Å². The number of halogens is 1. The highest BCUT2D eigenvalue weighted by Crippen LogP contribution is 2.22. The number of nitrogens with zero attached hydrogens (tertiary/aromatic N) is 1. The Hall–Kier alpha value is -2.68. The Morgan fingerprint density at radius 2 is 1.82 bits per heavy atom. The quantitative estimate of drug-likeness (QED) is 0.423. The number of rotatable bonds is 3. The molecule has 0 saturated carbocycles. The molecule has 0 atom stereocenters. The van der Waals surface area contributed by atoms with Gasteiger partial charge in [0.2, 0.25) is 0 Å². The van der Waals surface area contributed by atoms with E-state index in [9.17, 15) is 24.5 Å². The Labute approximate surface area is 130 Å². The van der Waals surface area contributed by atoms with E-state index in [2.05, 4.69) is 5.32 Å². The number of amides is 3. The summed E-state index contributed by atoms with van der Waals surface area (Å²) in [6, 6.07) is 3.17. The van der Waals surface area contributed by atoms with Gasteiger partial charge >= 0.3 is 11.8 Å². The van der Waals surface area contributed by atoms with Gasteiger partial charge in [-0.15, -0.1) is 0 Å². The molecule has 118 valence electrons. The van der Waals surface area contributed by atoms with Crippen molar-refractivity contribution in [3.63, 3.8) is 0 Å². The molecule has 0 bridgehead atoms. The fourth-order valence-corrected chi connectivity index (χ4v) is 1.58. The van der Waals surface area contributed by atoms with Gasteiger partial charge in [-0.1, -0.05) is 11.6 Å². The van der Waals surface area contributed by atoms with Crippen LogP contribution in [0, 0.1) is 10.1 Å². The van der Waals surface area contributed by atoms with Crippen molar-refractivity contribution < 1.29 is 19.3 Å². The molecule has 10 heteroatoms. The van der Waals surface area contributed by atoms with E-state index in [1.807, 2.05) is 10.9 Å². The molecule has 9 nitrogen and oxygen atoms in total. The normalized spacial score (nSPS) is 10.0. The van der Waals surface area contributed by atoms with Gasteiger partial charge in [-0.3, -0.25) is 35.3 Å². The lowest BCUT2D eigenvalue weighted by atomic mass is 10.2. The number of nitrogens with one attached hydrogen (secondary N) is 3. The largest absolute Gasteiger partial charge is 0.346 e. The van der Waals surface area contributed by atoms with Gasteiger partial charge in [0, 0.05) is 17.1 Å². The third-order valence-electron chi connectivity index (χ3n) is 2.32. The lowest BCUT2D eigenvalue weighted by Crippen LogP contribution is -2.49. The third kappa shape index (κ3) is 4.70. The van der Waals surface area contributed by atoms with Gasteiger partial charge in [-0.2, -0.15) is 0 Å². The summed E-state index contributed by atoms with van der Waals surface area (Å²) in [4.78, 5) is 44.6. The van der Waals surface area contributed by atoms with Crippen LogP contribution in [-0.4, -0.2) is 28.7 Å². The van der Waals surface area contributed by atoms with Gasteiger partial charge in [-0.25, -0.2) is 0 Å². The van der Waals surface area contributed by atoms with Crippen molar-refractivity contribution in [3.8, 4) is 0 Å². The number of benzene rings is 1. The van der Waals surface area contributed by atoms with Crippen LogP contribution in [0.4, 0.5) is 5.69 Å². The zero-order valence-electron chi connectivity index (χ0n) is 11.7. The summed E-state index contributed by atoms with van der Waals surface area (Å²) in [6.45, 7) is 3.31. The van der Waals surface area contributed by atoms with Crippen LogP contribution in [0.25, 0.3) is 0 Å². The van der Waals surface area contributed by atoms with Gasteiger partial charge < -0.3 is 5.32 Å². The van der Waals surface area contributed by atoms with E-state index in [1.54, 1.807) is 13.8 Å². The minimum atomic E-state index is -1.10. The van der Waals surface area contributed by atoms with E-state index in [-0.39, 0.29) is 16.6 Å². The molecule has 0 radical (unpaired) electrons. The first kappa shape index (κ1) is 17.4. The summed E-state index contributed by atoms with van der Waals surface area (Å²) in [5, 5.41) is 13.3. The summed E-state index contributed by atoms with van der Waals surface area (Å²) < 4.78 is 0. The number of hydrogen-bond acceptors (Lipinski definition) is 5. The molecule has 0 fully saturated rings. The lowest BCUT2D eigenvalue weighted by molar-refractivity contribution is -0.385. The highest BCUT2D eigenvalue weighted by atomic mass is 35.5. The van der Waals surface area contributed by atoms with E-state index in [1.165, 1.54) is 6.07 Å². The second-order valence-electron chi connectivity index (χ2n) is 4.45. The second-order valence-corrected chi connectivity index (χ2v) is 4.89. The van der Waals surface area contributed by atoms with Gasteiger partial charge in [0.25, 0.3) is 11.6 Å². The van der Waals surface area contributed by atoms with E-state index in [4.69, 9.17) is 11.6 Å². The SMILES string of the molecule is CC(C)NC(=O)C(=O)NNC(=O)c1ccc(Cl)cc1[N+](=O)[O-]. The van der Waals surface area contributed by atoms with Crippen LogP contribution in [-0.2, 0) is 9.59 Å². The monoisotopic (exact) mass is 328 g/mol. The zero-order chi connectivity index (χ0) is 16.9. The zero-order valence-corrected chi connectivity index (χ0v) is 12.4. The minimum Gasteiger partial charge on any atom is -0.346 e. The molecule has 0 unspecified atom stereocenters. The van der Waals surface area contributed by atoms with Crippen molar-refractivity contribution in [1.29, 1.82) is 0 Å². The van der Waals surface area contributed by atoms with Crippen molar-refractivity contribution in [2.75, 3.05) is 0 Å². The average molecular weight is 329 g/mol. The molecule has 0 spiro atoms. The second kappa shape index (κ2) is 7.36. The molecule has 0 aromatic heterocycles. The van der Waals surface area contributed by atoms with Crippen LogP contribution < -0.4 is 16.2 Å². The first-order valence-electron chi connectivity index (χ1n) is 6.07. The van der Waals surface area contributed by atoms with Crippen molar-refractivity contribution in [2.24, 2.45) is 0 Å². The maximum atomic E-state index is 11.8. The van der Waals surface area contributed by atoms with Gasteiger partial charge in [0.05, 0.1) is 4.92 Å². The Morgan fingerprint density at radius 1 is 1.18 bits per heavy atom. The van der Waals surface area contributed by atoms with E-state index < -0.39 is 28.3 Å². The van der Waals surface area contributed by atoms with Crippen LogP contribution in [0.15, 0.2) is 18.2 Å². The van der Waals surface area contributed by atoms with E-state index in [0.29, 0.717) is 0 Å². The predicted molar refractivity (Wildman–Crippen MR) is 77.0 cm³/mol. The molecule has 1 aromatic rings. The smallest absolute Gasteiger partial charge is 0.327 e. The maximum Gasteiger partial charge on any atom is 0.327 e. The number of carbonyl (C=O) groups excluding carboxylic acids is 3.